The maximum atomic E-state index is 13.1. The van der Waals surface area contributed by atoms with Gasteiger partial charge in [0.2, 0.25) is 5.91 Å². The van der Waals surface area contributed by atoms with Crippen LogP contribution in [0.25, 0.3) is 0 Å². The van der Waals surface area contributed by atoms with Crippen LogP contribution in [0.2, 0.25) is 0 Å². The number of rotatable bonds is 5. The first-order valence-electron chi connectivity index (χ1n) is 7.57. The molecule has 1 aliphatic rings. The van der Waals surface area contributed by atoms with E-state index in [1.165, 1.54) is 12.1 Å². The smallest absolute Gasteiger partial charge is 0.221 e. The Morgan fingerprint density at radius 2 is 2.10 bits per heavy atom. The van der Waals surface area contributed by atoms with Gasteiger partial charge in [0.15, 0.2) is 0 Å². The molecule has 0 radical (unpaired) electrons. The molecule has 1 fully saturated rings. The minimum atomic E-state index is -0.253. The number of benzene rings is 1. The second-order valence-electron chi connectivity index (χ2n) is 5.80. The van der Waals surface area contributed by atoms with Crippen LogP contribution in [0.1, 0.15) is 37.8 Å². The van der Waals surface area contributed by atoms with Gasteiger partial charge in [0.25, 0.3) is 0 Å². The van der Waals surface area contributed by atoms with Crippen LogP contribution < -0.4 is 11.5 Å². The summed E-state index contributed by atoms with van der Waals surface area (Å²) in [7, 11) is 0. The average Bonchev–Trinajstić information content (AvgIpc) is 2.49. The van der Waals surface area contributed by atoms with Crippen LogP contribution in [0.4, 0.5) is 4.39 Å². The molecular weight excluding hydrogens is 269 g/mol. The normalized spacial score (nSPS) is 22.7. The first-order chi connectivity index (χ1) is 10.0. The van der Waals surface area contributed by atoms with Crippen molar-refractivity contribution in [2.75, 3.05) is 13.1 Å². The summed E-state index contributed by atoms with van der Waals surface area (Å²) in [6.07, 6.45) is 2.59. The Morgan fingerprint density at radius 3 is 2.67 bits per heavy atom. The third-order valence-electron chi connectivity index (χ3n) is 4.34. The molecular formula is C16H24FN3O. The van der Waals surface area contributed by atoms with Gasteiger partial charge in [0.05, 0.1) is 5.92 Å². The van der Waals surface area contributed by atoms with Crippen molar-refractivity contribution in [2.45, 2.75) is 38.3 Å². The summed E-state index contributed by atoms with van der Waals surface area (Å²) in [6.45, 7) is 3.56. The van der Waals surface area contributed by atoms with Gasteiger partial charge >= 0.3 is 0 Å². The van der Waals surface area contributed by atoms with Crippen LogP contribution in [-0.2, 0) is 4.79 Å². The predicted molar refractivity (Wildman–Crippen MR) is 80.9 cm³/mol. The van der Waals surface area contributed by atoms with Crippen molar-refractivity contribution < 1.29 is 9.18 Å². The number of nitrogens with zero attached hydrogens (tertiary/aromatic N) is 1. The molecule has 1 aromatic rings. The fraction of sp³-hybridized carbons (Fsp3) is 0.562. The summed E-state index contributed by atoms with van der Waals surface area (Å²) in [5.41, 5.74) is 12.7. The molecule has 4 nitrogen and oxygen atoms in total. The first kappa shape index (κ1) is 15.9. The van der Waals surface area contributed by atoms with E-state index < -0.39 is 0 Å². The number of carbonyl (C=O) groups is 1. The van der Waals surface area contributed by atoms with E-state index in [1.807, 2.05) is 6.92 Å². The van der Waals surface area contributed by atoms with Crippen molar-refractivity contribution >= 4 is 5.91 Å². The summed E-state index contributed by atoms with van der Waals surface area (Å²) >= 11 is 0. The van der Waals surface area contributed by atoms with E-state index in [-0.39, 0.29) is 29.7 Å². The van der Waals surface area contributed by atoms with Gasteiger partial charge in [0, 0.05) is 18.6 Å². The zero-order chi connectivity index (χ0) is 15.4. The maximum Gasteiger partial charge on any atom is 0.221 e. The molecule has 0 aromatic heterocycles. The number of likely N-dealkylation sites (tertiary alicyclic amines) is 1. The number of hydrogen-bond donors (Lipinski definition) is 2. The van der Waals surface area contributed by atoms with E-state index in [0.717, 1.165) is 31.4 Å². The standard InChI is InChI=1S/C16H24FN3O/c1-2-14(18)15(11-5-7-13(17)8-6-11)20-9-3-4-12(10-20)16(19)21/h5-8,12,14-15H,2-4,9-10,18H2,1H3,(H2,19,21). The third-order valence-corrected chi connectivity index (χ3v) is 4.34. The van der Waals surface area contributed by atoms with E-state index in [0.29, 0.717) is 6.54 Å². The molecule has 21 heavy (non-hydrogen) atoms. The van der Waals surface area contributed by atoms with Crippen LogP contribution in [0.15, 0.2) is 24.3 Å². The van der Waals surface area contributed by atoms with E-state index in [4.69, 9.17) is 11.5 Å². The fourth-order valence-corrected chi connectivity index (χ4v) is 3.10. The SMILES string of the molecule is CCC(N)C(c1ccc(F)cc1)N1CCCC(C(N)=O)C1. The molecule has 1 amide bonds. The van der Waals surface area contributed by atoms with Gasteiger partial charge in [-0.3, -0.25) is 9.69 Å². The highest BCUT2D eigenvalue weighted by Gasteiger charge is 2.32. The molecule has 1 aromatic carbocycles. The predicted octanol–water partition coefficient (Wildman–Crippen LogP) is 1.80. The molecule has 5 heteroatoms. The second-order valence-corrected chi connectivity index (χ2v) is 5.80. The van der Waals surface area contributed by atoms with Crippen molar-refractivity contribution in [2.24, 2.45) is 17.4 Å². The summed E-state index contributed by atoms with van der Waals surface area (Å²) in [6, 6.07) is 6.42. The number of primary amides is 1. The highest BCUT2D eigenvalue weighted by Crippen LogP contribution is 2.30. The summed E-state index contributed by atoms with van der Waals surface area (Å²) in [5, 5.41) is 0. The van der Waals surface area contributed by atoms with Gasteiger partial charge in [-0.1, -0.05) is 19.1 Å². The lowest BCUT2D eigenvalue weighted by atomic mass is 9.90. The monoisotopic (exact) mass is 293 g/mol. The van der Waals surface area contributed by atoms with E-state index in [2.05, 4.69) is 4.90 Å². The summed E-state index contributed by atoms with van der Waals surface area (Å²) in [4.78, 5) is 13.7. The van der Waals surface area contributed by atoms with Crippen LogP contribution in [0.3, 0.4) is 0 Å². The van der Waals surface area contributed by atoms with E-state index in [1.54, 1.807) is 12.1 Å². The zero-order valence-electron chi connectivity index (χ0n) is 12.5. The van der Waals surface area contributed by atoms with Crippen molar-refractivity contribution in [3.8, 4) is 0 Å². The third kappa shape index (κ3) is 3.80. The molecule has 3 atom stereocenters. The number of halogens is 1. The Morgan fingerprint density at radius 1 is 1.43 bits per heavy atom. The Balaban J connectivity index is 2.23. The molecule has 0 aliphatic carbocycles. The number of hydrogen-bond acceptors (Lipinski definition) is 3. The molecule has 3 unspecified atom stereocenters. The Labute approximate surface area is 125 Å². The number of amides is 1. The minimum Gasteiger partial charge on any atom is -0.369 e. The molecule has 116 valence electrons. The van der Waals surface area contributed by atoms with Crippen LogP contribution in [0.5, 0.6) is 0 Å². The quantitative estimate of drug-likeness (QED) is 0.869. The number of nitrogens with two attached hydrogens (primary N) is 2. The lowest BCUT2D eigenvalue weighted by molar-refractivity contribution is -0.123. The molecule has 0 saturated carbocycles. The van der Waals surface area contributed by atoms with Crippen molar-refractivity contribution in [1.29, 1.82) is 0 Å². The van der Waals surface area contributed by atoms with Crippen LogP contribution in [-0.4, -0.2) is 29.9 Å². The highest BCUT2D eigenvalue weighted by molar-refractivity contribution is 5.76. The van der Waals surface area contributed by atoms with Gasteiger partial charge in [-0.05, 0) is 43.5 Å². The van der Waals surface area contributed by atoms with E-state index in [9.17, 15) is 9.18 Å². The zero-order valence-corrected chi connectivity index (χ0v) is 12.5. The Bertz CT molecular complexity index is 477. The second kappa shape index (κ2) is 7.00. The van der Waals surface area contributed by atoms with Gasteiger partial charge in [-0.2, -0.15) is 0 Å². The van der Waals surface area contributed by atoms with Gasteiger partial charge < -0.3 is 11.5 Å². The lowest BCUT2D eigenvalue weighted by Gasteiger charge is -2.40. The molecule has 0 bridgehead atoms. The topological polar surface area (TPSA) is 72.3 Å². The average molecular weight is 293 g/mol. The molecule has 1 heterocycles. The Kier molecular flexibility index (Phi) is 5.31. The number of piperidine rings is 1. The first-order valence-corrected chi connectivity index (χ1v) is 7.57. The molecule has 1 saturated heterocycles. The summed E-state index contributed by atoms with van der Waals surface area (Å²) in [5.74, 6) is -0.621. The van der Waals surface area contributed by atoms with E-state index >= 15 is 0 Å². The Hall–Kier alpha value is -1.46. The largest absolute Gasteiger partial charge is 0.369 e. The van der Waals surface area contributed by atoms with Gasteiger partial charge in [0.1, 0.15) is 5.82 Å². The van der Waals surface area contributed by atoms with Crippen molar-refractivity contribution in [3.05, 3.63) is 35.6 Å². The van der Waals surface area contributed by atoms with Crippen LogP contribution >= 0.6 is 0 Å². The molecule has 4 N–H and O–H groups in total. The highest BCUT2D eigenvalue weighted by atomic mass is 19.1. The number of carbonyl (C=O) groups excluding carboxylic acids is 1. The molecule has 1 aliphatic heterocycles. The summed E-state index contributed by atoms with van der Waals surface area (Å²) < 4.78 is 13.1. The minimum absolute atomic E-state index is 0.00208. The molecule has 2 rings (SSSR count). The maximum absolute atomic E-state index is 13.1. The lowest BCUT2D eigenvalue weighted by Crippen LogP contribution is -2.48. The van der Waals surface area contributed by atoms with Crippen LogP contribution in [0, 0.1) is 11.7 Å². The van der Waals surface area contributed by atoms with Gasteiger partial charge in [-0.25, -0.2) is 4.39 Å². The molecule has 0 spiro atoms. The van der Waals surface area contributed by atoms with Gasteiger partial charge in [-0.15, -0.1) is 0 Å². The van der Waals surface area contributed by atoms with Crippen molar-refractivity contribution in [3.63, 3.8) is 0 Å². The van der Waals surface area contributed by atoms with Crippen molar-refractivity contribution in [1.82, 2.24) is 4.90 Å². The fourth-order valence-electron chi connectivity index (χ4n) is 3.10.